The summed E-state index contributed by atoms with van der Waals surface area (Å²) in [4.78, 5) is 13.3. The number of hydrogen-bond donors (Lipinski definition) is 0. The van der Waals surface area contributed by atoms with E-state index in [-0.39, 0.29) is 5.97 Å². The van der Waals surface area contributed by atoms with Crippen molar-refractivity contribution in [2.24, 2.45) is 0 Å². The SMILES string of the molecule is COC(=O)/C=C/c1ccc2c(c1)CN(c1ccccc1)CO2. The van der Waals surface area contributed by atoms with Gasteiger partial charge in [-0.2, -0.15) is 0 Å². The number of benzene rings is 2. The third-order valence-electron chi connectivity index (χ3n) is 3.56. The van der Waals surface area contributed by atoms with Gasteiger partial charge in [0.15, 0.2) is 6.73 Å². The fourth-order valence-electron chi connectivity index (χ4n) is 2.40. The maximum absolute atomic E-state index is 11.2. The van der Waals surface area contributed by atoms with Crippen LogP contribution in [0.3, 0.4) is 0 Å². The third-order valence-corrected chi connectivity index (χ3v) is 3.56. The molecule has 2 aromatic carbocycles. The Balaban J connectivity index is 1.80. The predicted octanol–water partition coefficient (Wildman–Crippen LogP) is 3.23. The standard InChI is InChI=1S/C18H17NO3/c1-21-18(20)10-8-14-7-9-17-15(11-14)12-19(13-22-17)16-5-3-2-4-6-16/h2-11H,12-13H2,1H3/b10-8+. The van der Waals surface area contributed by atoms with E-state index in [0.29, 0.717) is 6.73 Å². The fourth-order valence-corrected chi connectivity index (χ4v) is 2.40. The van der Waals surface area contributed by atoms with Crippen LogP contribution in [0.4, 0.5) is 5.69 Å². The summed E-state index contributed by atoms with van der Waals surface area (Å²) in [5, 5.41) is 0. The summed E-state index contributed by atoms with van der Waals surface area (Å²) in [7, 11) is 1.37. The van der Waals surface area contributed by atoms with Crippen molar-refractivity contribution in [3.05, 3.63) is 65.7 Å². The molecule has 0 bridgehead atoms. The van der Waals surface area contributed by atoms with Gasteiger partial charge in [-0.15, -0.1) is 0 Å². The number of esters is 1. The van der Waals surface area contributed by atoms with E-state index in [1.165, 1.54) is 13.2 Å². The number of nitrogens with zero attached hydrogens (tertiary/aromatic N) is 1. The van der Waals surface area contributed by atoms with Crippen LogP contribution in [0.2, 0.25) is 0 Å². The lowest BCUT2D eigenvalue weighted by molar-refractivity contribution is -0.134. The molecule has 0 saturated carbocycles. The smallest absolute Gasteiger partial charge is 0.330 e. The van der Waals surface area contributed by atoms with Crippen LogP contribution in [0.1, 0.15) is 11.1 Å². The van der Waals surface area contributed by atoms with Crippen molar-refractivity contribution >= 4 is 17.7 Å². The van der Waals surface area contributed by atoms with E-state index in [4.69, 9.17) is 4.74 Å². The van der Waals surface area contributed by atoms with Crippen LogP contribution in [-0.2, 0) is 16.1 Å². The van der Waals surface area contributed by atoms with Gasteiger partial charge in [-0.3, -0.25) is 0 Å². The van der Waals surface area contributed by atoms with Crippen molar-refractivity contribution in [3.8, 4) is 5.75 Å². The molecule has 1 heterocycles. The molecule has 3 rings (SSSR count). The zero-order valence-electron chi connectivity index (χ0n) is 12.4. The Morgan fingerprint density at radius 1 is 1.23 bits per heavy atom. The highest BCUT2D eigenvalue weighted by Gasteiger charge is 2.17. The van der Waals surface area contributed by atoms with Gasteiger partial charge in [0.1, 0.15) is 5.75 Å². The number of carbonyl (C=O) groups excluding carboxylic acids is 1. The van der Waals surface area contributed by atoms with Gasteiger partial charge in [0.05, 0.1) is 7.11 Å². The van der Waals surface area contributed by atoms with Gasteiger partial charge >= 0.3 is 5.97 Å². The predicted molar refractivity (Wildman–Crippen MR) is 85.6 cm³/mol. The summed E-state index contributed by atoms with van der Waals surface area (Å²) in [6.07, 6.45) is 3.16. The summed E-state index contributed by atoms with van der Waals surface area (Å²) in [6.45, 7) is 1.31. The molecular formula is C18H17NO3. The van der Waals surface area contributed by atoms with E-state index >= 15 is 0 Å². The lowest BCUT2D eigenvalue weighted by Gasteiger charge is -2.30. The Hall–Kier alpha value is -2.75. The molecule has 1 aliphatic heterocycles. The second kappa shape index (κ2) is 6.35. The second-order valence-corrected chi connectivity index (χ2v) is 5.03. The van der Waals surface area contributed by atoms with Gasteiger partial charge in [-0.1, -0.05) is 24.3 Å². The van der Waals surface area contributed by atoms with Crippen molar-refractivity contribution in [2.75, 3.05) is 18.7 Å². The number of carbonyl (C=O) groups is 1. The molecule has 0 N–H and O–H groups in total. The van der Waals surface area contributed by atoms with Crippen LogP contribution in [0.15, 0.2) is 54.6 Å². The first-order valence-corrected chi connectivity index (χ1v) is 7.08. The van der Waals surface area contributed by atoms with Crippen molar-refractivity contribution in [1.82, 2.24) is 0 Å². The lowest BCUT2D eigenvalue weighted by atomic mass is 10.1. The average molecular weight is 295 g/mol. The van der Waals surface area contributed by atoms with E-state index in [1.54, 1.807) is 6.08 Å². The van der Waals surface area contributed by atoms with Gasteiger partial charge in [0.2, 0.25) is 0 Å². The van der Waals surface area contributed by atoms with E-state index < -0.39 is 0 Å². The molecule has 0 aromatic heterocycles. The highest BCUT2D eigenvalue weighted by Crippen LogP contribution is 2.29. The van der Waals surface area contributed by atoms with Gasteiger partial charge in [-0.25, -0.2) is 4.79 Å². The molecule has 0 saturated heterocycles. The number of anilines is 1. The van der Waals surface area contributed by atoms with Gasteiger partial charge in [0, 0.05) is 23.9 Å². The average Bonchev–Trinajstić information content (AvgIpc) is 2.59. The molecule has 4 nitrogen and oxygen atoms in total. The number of hydrogen-bond acceptors (Lipinski definition) is 4. The molecule has 22 heavy (non-hydrogen) atoms. The van der Waals surface area contributed by atoms with Gasteiger partial charge in [-0.05, 0) is 35.9 Å². The van der Waals surface area contributed by atoms with Crippen LogP contribution in [0, 0.1) is 0 Å². The van der Waals surface area contributed by atoms with Crippen molar-refractivity contribution in [2.45, 2.75) is 6.54 Å². The van der Waals surface area contributed by atoms with Crippen LogP contribution < -0.4 is 9.64 Å². The van der Waals surface area contributed by atoms with Crippen LogP contribution in [-0.4, -0.2) is 19.8 Å². The van der Waals surface area contributed by atoms with Crippen LogP contribution >= 0.6 is 0 Å². The Morgan fingerprint density at radius 3 is 2.82 bits per heavy atom. The van der Waals surface area contributed by atoms with E-state index in [0.717, 1.165) is 29.1 Å². The molecule has 0 amide bonds. The molecule has 0 unspecified atom stereocenters. The molecular weight excluding hydrogens is 278 g/mol. The second-order valence-electron chi connectivity index (χ2n) is 5.03. The molecule has 0 aliphatic carbocycles. The van der Waals surface area contributed by atoms with Crippen LogP contribution in [0.5, 0.6) is 5.75 Å². The molecule has 0 radical (unpaired) electrons. The van der Waals surface area contributed by atoms with Crippen molar-refractivity contribution in [3.63, 3.8) is 0 Å². The topological polar surface area (TPSA) is 38.8 Å². The van der Waals surface area contributed by atoms with Crippen LogP contribution in [0.25, 0.3) is 6.08 Å². The molecule has 0 fully saturated rings. The quantitative estimate of drug-likeness (QED) is 0.644. The molecule has 0 atom stereocenters. The molecule has 2 aromatic rings. The minimum Gasteiger partial charge on any atom is -0.473 e. The fraction of sp³-hybridized carbons (Fsp3) is 0.167. The number of ether oxygens (including phenoxy) is 2. The maximum atomic E-state index is 11.2. The number of methoxy groups -OCH3 is 1. The third kappa shape index (κ3) is 3.11. The number of rotatable bonds is 3. The summed E-state index contributed by atoms with van der Waals surface area (Å²) in [5.74, 6) is 0.530. The molecule has 112 valence electrons. The maximum Gasteiger partial charge on any atom is 0.330 e. The summed E-state index contributed by atoms with van der Waals surface area (Å²) < 4.78 is 10.4. The molecule has 1 aliphatic rings. The summed E-state index contributed by atoms with van der Waals surface area (Å²) in [5.41, 5.74) is 3.17. The van der Waals surface area contributed by atoms with E-state index in [1.807, 2.05) is 36.4 Å². The van der Waals surface area contributed by atoms with Gasteiger partial charge in [0.25, 0.3) is 0 Å². The highest BCUT2D eigenvalue weighted by atomic mass is 16.5. The molecule has 4 heteroatoms. The largest absolute Gasteiger partial charge is 0.473 e. The zero-order valence-corrected chi connectivity index (χ0v) is 12.4. The Bertz CT molecular complexity index is 695. The first-order chi connectivity index (χ1) is 10.8. The van der Waals surface area contributed by atoms with Crippen molar-refractivity contribution < 1.29 is 14.3 Å². The minimum atomic E-state index is -0.361. The molecule has 0 spiro atoms. The zero-order chi connectivity index (χ0) is 15.4. The lowest BCUT2D eigenvalue weighted by Crippen LogP contribution is -2.31. The number of fused-ring (bicyclic) bond motifs is 1. The summed E-state index contributed by atoms with van der Waals surface area (Å²) >= 11 is 0. The summed E-state index contributed by atoms with van der Waals surface area (Å²) in [6, 6.07) is 16.1. The van der Waals surface area contributed by atoms with E-state index in [9.17, 15) is 4.79 Å². The monoisotopic (exact) mass is 295 g/mol. The first kappa shape index (κ1) is 14.2. The Kier molecular flexibility index (Phi) is 4.10. The van der Waals surface area contributed by atoms with Crippen molar-refractivity contribution in [1.29, 1.82) is 0 Å². The first-order valence-electron chi connectivity index (χ1n) is 7.08. The van der Waals surface area contributed by atoms with Gasteiger partial charge < -0.3 is 14.4 Å². The normalized spacial score (nSPS) is 13.6. The Morgan fingerprint density at radius 2 is 2.05 bits per heavy atom. The Labute approximate surface area is 129 Å². The van der Waals surface area contributed by atoms with E-state index in [2.05, 4.69) is 21.8 Å². The number of para-hydroxylation sites is 1. The highest BCUT2D eigenvalue weighted by molar-refractivity contribution is 5.87. The minimum absolute atomic E-state index is 0.361.